The van der Waals surface area contributed by atoms with Crippen LogP contribution in [-0.2, 0) is 0 Å². The molecule has 2 aromatic heterocycles. The summed E-state index contributed by atoms with van der Waals surface area (Å²) in [6.07, 6.45) is 7.50. The molecular weight excluding hydrogens is 308 g/mol. The van der Waals surface area contributed by atoms with Gasteiger partial charge in [-0.1, -0.05) is 0 Å². The molecule has 3 heterocycles. The lowest BCUT2D eigenvalue weighted by Crippen LogP contribution is -2.48. The molecular formula is C17H20N4OS. The minimum Gasteiger partial charge on any atom is -0.349 e. The molecule has 1 amide bonds. The summed E-state index contributed by atoms with van der Waals surface area (Å²) < 4.78 is 3.51. The number of rotatable bonds is 4. The highest BCUT2D eigenvalue weighted by Gasteiger charge is 2.26. The van der Waals surface area contributed by atoms with E-state index in [1.807, 2.05) is 11.0 Å². The first kappa shape index (κ1) is 14.7. The van der Waals surface area contributed by atoms with E-state index in [1.54, 1.807) is 11.3 Å². The summed E-state index contributed by atoms with van der Waals surface area (Å²) in [6.45, 7) is 4.06. The Labute approximate surface area is 139 Å². The third-order valence-electron chi connectivity index (χ3n) is 4.72. The first-order valence-electron chi connectivity index (χ1n) is 8.24. The third-order valence-corrected chi connectivity index (χ3v) is 5.80. The van der Waals surface area contributed by atoms with Gasteiger partial charge in [-0.2, -0.15) is 5.26 Å². The Hall–Kier alpha value is -1.84. The van der Waals surface area contributed by atoms with Gasteiger partial charge in [-0.25, -0.2) is 0 Å². The Balaban J connectivity index is 1.41. The fourth-order valence-electron chi connectivity index (χ4n) is 3.18. The fourth-order valence-corrected chi connectivity index (χ4v) is 4.22. The van der Waals surface area contributed by atoms with Gasteiger partial charge < -0.3 is 9.47 Å². The number of piperazine rings is 1. The van der Waals surface area contributed by atoms with Gasteiger partial charge in [-0.3, -0.25) is 9.69 Å². The number of hydrogen-bond acceptors (Lipinski definition) is 4. The average Bonchev–Trinajstić information content (AvgIpc) is 3.23. The maximum atomic E-state index is 12.7. The summed E-state index contributed by atoms with van der Waals surface area (Å²) in [5, 5.41) is 9.84. The van der Waals surface area contributed by atoms with E-state index in [0.29, 0.717) is 12.5 Å². The summed E-state index contributed by atoms with van der Waals surface area (Å²) in [5.74, 6) is 0.157. The summed E-state index contributed by atoms with van der Waals surface area (Å²) in [7, 11) is 0. The predicted molar refractivity (Wildman–Crippen MR) is 90.7 cm³/mol. The quantitative estimate of drug-likeness (QED) is 0.867. The average molecular weight is 328 g/mol. The van der Waals surface area contributed by atoms with E-state index in [0.717, 1.165) is 37.6 Å². The zero-order valence-electron chi connectivity index (χ0n) is 13.1. The van der Waals surface area contributed by atoms with Gasteiger partial charge >= 0.3 is 0 Å². The molecule has 1 aliphatic heterocycles. The Morgan fingerprint density at radius 1 is 1.26 bits per heavy atom. The molecule has 0 N–H and O–H groups in total. The first-order valence-corrected chi connectivity index (χ1v) is 9.06. The van der Waals surface area contributed by atoms with Crippen molar-refractivity contribution < 1.29 is 4.79 Å². The van der Waals surface area contributed by atoms with E-state index in [1.165, 1.54) is 22.9 Å². The van der Waals surface area contributed by atoms with Gasteiger partial charge in [0.25, 0.3) is 5.91 Å². The van der Waals surface area contributed by atoms with Crippen molar-refractivity contribution in [2.24, 2.45) is 0 Å². The van der Waals surface area contributed by atoms with Gasteiger partial charge in [-0.05, 0) is 18.9 Å². The molecule has 0 radical (unpaired) electrons. The number of hydrogen-bond donors (Lipinski definition) is 0. The number of carbonyl (C=O) groups is 1. The second kappa shape index (κ2) is 5.99. The molecule has 0 atom stereocenters. The van der Waals surface area contributed by atoms with Gasteiger partial charge in [-0.15, -0.1) is 11.3 Å². The lowest BCUT2D eigenvalue weighted by atomic mass is 10.2. The highest BCUT2D eigenvalue weighted by molar-refractivity contribution is 7.20. The molecule has 2 aliphatic rings. The van der Waals surface area contributed by atoms with Crippen molar-refractivity contribution in [3.63, 3.8) is 0 Å². The van der Waals surface area contributed by atoms with Crippen LogP contribution in [0.2, 0.25) is 0 Å². The molecule has 1 aliphatic carbocycles. The highest BCUT2D eigenvalue weighted by atomic mass is 32.1. The van der Waals surface area contributed by atoms with Crippen molar-refractivity contribution in [1.29, 1.82) is 5.26 Å². The van der Waals surface area contributed by atoms with Crippen molar-refractivity contribution in [3.8, 4) is 6.07 Å². The van der Waals surface area contributed by atoms with E-state index in [4.69, 9.17) is 5.26 Å². The predicted octanol–water partition coefficient (Wildman–Crippen LogP) is 2.71. The number of fused-ring (bicyclic) bond motifs is 1. The minimum absolute atomic E-state index is 0.157. The van der Waals surface area contributed by atoms with Crippen molar-refractivity contribution in [1.82, 2.24) is 14.4 Å². The van der Waals surface area contributed by atoms with Crippen LogP contribution in [0, 0.1) is 11.3 Å². The van der Waals surface area contributed by atoms with Crippen molar-refractivity contribution in [2.75, 3.05) is 32.7 Å². The van der Waals surface area contributed by atoms with Crippen LogP contribution in [0.4, 0.5) is 0 Å². The summed E-state index contributed by atoms with van der Waals surface area (Å²) in [6, 6.07) is 4.92. The molecule has 4 rings (SSSR count). The minimum atomic E-state index is 0.157. The van der Waals surface area contributed by atoms with Crippen LogP contribution >= 0.6 is 11.3 Å². The fraction of sp³-hybridized carbons (Fsp3) is 0.529. The van der Waals surface area contributed by atoms with Crippen LogP contribution in [0.3, 0.4) is 0 Å². The summed E-state index contributed by atoms with van der Waals surface area (Å²) in [5.41, 5.74) is 0. The second-order valence-electron chi connectivity index (χ2n) is 6.41. The van der Waals surface area contributed by atoms with E-state index in [-0.39, 0.29) is 5.91 Å². The molecule has 6 heteroatoms. The normalized spacial score (nSPS) is 19.2. The van der Waals surface area contributed by atoms with Gasteiger partial charge in [0.05, 0.1) is 15.6 Å². The molecule has 2 fully saturated rings. The van der Waals surface area contributed by atoms with Gasteiger partial charge in [0.1, 0.15) is 0 Å². The lowest BCUT2D eigenvalue weighted by Gasteiger charge is -2.34. The first-order chi connectivity index (χ1) is 11.2. The third kappa shape index (κ3) is 2.99. The highest BCUT2D eigenvalue weighted by Crippen LogP contribution is 2.38. The molecule has 0 spiro atoms. The molecule has 23 heavy (non-hydrogen) atoms. The number of carbonyl (C=O) groups excluding carboxylic acids is 1. The molecule has 0 unspecified atom stereocenters. The van der Waals surface area contributed by atoms with Crippen molar-refractivity contribution in [2.45, 2.75) is 25.3 Å². The standard InChI is InChI=1S/C17H20N4OS/c18-4-1-5-19-6-8-20(9-7-19)17(22)15-10-13-11-21(14-2-3-14)12-16(13)23-15/h10-12,14H,1-3,5-9H2. The van der Waals surface area contributed by atoms with Crippen molar-refractivity contribution >= 4 is 27.3 Å². The smallest absolute Gasteiger partial charge is 0.264 e. The summed E-state index contributed by atoms with van der Waals surface area (Å²) in [4.78, 5) is 17.7. The van der Waals surface area contributed by atoms with Gasteiger partial charge in [0.15, 0.2) is 0 Å². The zero-order valence-corrected chi connectivity index (χ0v) is 13.9. The van der Waals surface area contributed by atoms with E-state index >= 15 is 0 Å². The number of nitrogens with zero attached hydrogens (tertiary/aromatic N) is 4. The Morgan fingerprint density at radius 2 is 2.04 bits per heavy atom. The molecule has 1 saturated carbocycles. The molecule has 0 aromatic carbocycles. The number of aromatic nitrogens is 1. The molecule has 2 aromatic rings. The molecule has 5 nitrogen and oxygen atoms in total. The van der Waals surface area contributed by atoms with Crippen LogP contribution in [0.25, 0.3) is 10.1 Å². The zero-order chi connectivity index (χ0) is 15.8. The van der Waals surface area contributed by atoms with Crippen LogP contribution in [0.1, 0.15) is 35.0 Å². The van der Waals surface area contributed by atoms with Crippen molar-refractivity contribution in [3.05, 3.63) is 23.3 Å². The van der Waals surface area contributed by atoms with E-state index < -0.39 is 0 Å². The van der Waals surface area contributed by atoms with E-state index in [2.05, 4.69) is 27.9 Å². The topological polar surface area (TPSA) is 52.3 Å². The number of thiophene rings is 1. The van der Waals surface area contributed by atoms with Gasteiger partial charge in [0, 0.05) is 63.0 Å². The molecule has 1 saturated heterocycles. The van der Waals surface area contributed by atoms with E-state index in [9.17, 15) is 4.79 Å². The monoisotopic (exact) mass is 328 g/mol. The number of amides is 1. The largest absolute Gasteiger partial charge is 0.349 e. The van der Waals surface area contributed by atoms with Crippen LogP contribution < -0.4 is 0 Å². The number of nitriles is 1. The Bertz CT molecular complexity index is 728. The maximum Gasteiger partial charge on any atom is 0.264 e. The SMILES string of the molecule is N#CCCN1CCN(C(=O)c2cc3cn(C4CC4)cc3s2)CC1. The lowest BCUT2D eigenvalue weighted by molar-refractivity contribution is 0.0644. The Morgan fingerprint density at radius 3 is 2.70 bits per heavy atom. The Kier molecular flexibility index (Phi) is 3.83. The summed E-state index contributed by atoms with van der Waals surface area (Å²) >= 11 is 1.61. The molecule has 120 valence electrons. The second-order valence-corrected chi connectivity index (χ2v) is 7.49. The van der Waals surface area contributed by atoms with Crippen LogP contribution in [0.15, 0.2) is 18.5 Å². The molecule has 0 bridgehead atoms. The van der Waals surface area contributed by atoms with Crippen LogP contribution in [-0.4, -0.2) is 53.0 Å². The van der Waals surface area contributed by atoms with Gasteiger partial charge in [0.2, 0.25) is 0 Å². The van der Waals surface area contributed by atoms with Crippen LogP contribution in [0.5, 0.6) is 0 Å². The maximum absolute atomic E-state index is 12.7.